The molecule has 108 valence electrons. The van der Waals surface area contributed by atoms with Gasteiger partial charge in [-0.15, -0.1) is 0 Å². The largest absolute Gasteiger partial charge is 0.465 e. The number of fused-ring (bicyclic) bond motifs is 1. The van der Waals surface area contributed by atoms with E-state index in [1.807, 2.05) is 30.5 Å². The number of nitrogens with one attached hydrogen (secondary N) is 1. The van der Waals surface area contributed by atoms with Gasteiger partial charge in [0.1, 0.15) is 6.04 Å². The lowest BCUT2D eigenvalue weighted by molar-refractivity contribution is -0.145. The number of carbonyl (C=O) groups is 1. The van der Waals surface area contributed by atoms with Crippen LogP contribution in [0.3, 0.4) is 0 Å². The lowest BCUT2D eigenvalue weighted by Gasteiger charge is -2.11. The Bertz CT molecular complexity index is 562. The number of aromatic amines is 1. The second kappa shape index (κ2) is 7.10. The molecule has 0 fully saturated rings. The van der Waals surface area contributed by atoms with E-state index in [4.69, 9.17) is 10.5 Å². The van der Waals surface area contributed by atoms with Crippen molar-refractivity contribution in [3.8, 4) is 0 Å². The summed E-state index contributed by atoms with van der Waals surface area (Å²) in [6, 6.07) is 7.39. The van der Waals surface area contributed by atoms with Crippen LogP contribution in [0.1, 0.15) is 31.7 Å². The Labute approximate surface area is 119 Å². The third kappa shape index (κ3) is 3.61. The van der Waals surface area contributed by atoms with E-state index in [1.54, 1.807) is 0 Å². The van der Waals surface area contributed by atoms with Gasteiger partial charge in [0.15, 0.2) is 0 Å². The number of aromatic nitrogens is 1. The predicted octanol–water partition coefficient (Wildman–Crippen LogP) is 2.77. The number of hydrogen-bond acceptors (Lipinski definition) is 3. The number of ether oxygens (including phenoxy) is 1. The molecule has 0 unspecified atom stereocenters. The fourth-order valence-electron chi connectivity index (χ4n) is 2.25. The summed E-state index contributed by atoms with van der Waals surface area (Å²) in [5.74, 6) is -0.314. The molecule has 1 aromatic carbocycles. The second-order valence-electron chi connectivity index (χ2n) is 5.04. The number of H-pyrrole nitrogens is 1. The van der Waals surface area contributed by atoms with Gasteiger partial charge in [-0.1, -0.05) is 38.0 Å². The van der Waals surface area contributed by atoms with Crippen molar-refractivity contribution in [2.24, 2.45) is 5.73 Å². The zero-order valence-electron chi connectivity index (χ0n) is 11.9. The van der Waals surface area contributed by atoms with Crippen LogP contribution in [0.4, 0.5) is 0 Å². The van der Waals surface area contributed by atoms with Crippen LogP contribution < -0.4 is 5.73 Å². The molecule has 4 nitrogen and oxygen atoms in total. The number of esters is 1. The molecule has 2 rings (SSSR count). The first kappa shape index (κ1) is 14.6. The highest BCUT2D eigenvalue weighted by Gasteiger charge is 2.17. The fraction of sp³-hybridized carbons (Fsp3) is 0.438. The maximum atomic E-state index is 11.8. The summed E-state index contributed by atoms with van der Waals surface area (Å²) in [6.07, 6.45) is 5.50. The molecule has 2 aromatic rings. The van der Waals surface area contributed by atoms with Gasteiger partial charge in [-0.3, -0.25) is 4.79 Å². The molecule has 0 saturated carbocycles. The van der Waals surface area contributed by atoms with Crippen molar-refractivity contribution >= 4 is 16.9 Å². The Morgan fingerprint density at radius 3 is 2.95 bits per heavy atom. The van der Waals surface area contributed by atoms with Crippen LogP contribution in [0.2, 0.25) is 0 Å². The lowest BCUT2D eigenvalue weighted by atomic mass is 10.1. The maximum Gasteiger partial charge on any atom is 0.323 e. The second-order valence-corrected chi connectivity index (χ2v) is 5.04. The smallest absolute Gasteiger partial charge is 0.323 e. The van der Waals surface area contributed by atoms with Gasteiger partial charge in [0.25, 0.3) is 0 Å². The molecule has 3 N–H and O–H groups in total. The Morgan fingerprint density at radius 2 is 2.15 bits per heavy atom. The van der Waals surface area contributed by atoms with Gasteiger partial charge >= 0.3 is 5.97 Å². The standard InChI is InChI=1S/C16H22N2O2/c1-2-3-6-9-20-16(19)14(17)10-12-11-18-15-8-5-4-7-13(12)15/h4-5,7-8,11,14,18H,2-3,6,9-10,17H2,1H3/t14-/m1/s1. The molecule has 0 aliphatic carbocycles. The van der Waals surface area contributed by atoms with E-state index in [-0.39, 0.29) is 5.97 Å². The summed E-state index contributed by atoms with van der Waals surface area (Å²) in [6.45, 7) is 2.58. The van der Waals surface area contributed by atoms with Crippen LogP contribution in [0, 0.1) is 0 Å². The molecule has 20 heavy (non-hydrogen) atoms. The highest BCUT2D eigenvalue weighted by atomic mass is 16.5. The summed E-state index contributed by atoms with van der Waals surface area (Å²) < 4.78 is 5.19. The van der Waals surface area contributed by atoms with Crippen molar-refractivity contribution in [2.75, 3.05) is 6.61 Å². The minimum atomic E-state index is -0.601. The fourth-order valence-corrected chi connectivity index (χ4v) is 2.25. The van der Waals surface area contributed by atoms with Crippen molar-refractivity contribution in [2.45, 2.75) is 38.6 Å². The number of nitrogens with two attached hydrogens (primary N) is 1. The average molecular weight is 274 g/mol. The quantitative estimate of drug-likeness (QED) is 0.602. The Balaban J connectivity index is 1.90. The number of carbonyl (C=O) groups excluding carboxylic acids is 1. The molecule has 0 saturated heterocycles. The SMILES string of the molecule is CCCCCOC(=O)[C@H](N)Cc1c[nH]c2ccccc12. The predicted molar refractivity (Wildman–Crippen MR) is 80.5 cm³/mol. The minimum absolute atomic E-state index is 0.314. The average Bonchev–Trinajstić information content (AvgIpc) is 2.87. The van der Waals surface area contributed by atoms with E-state index in [0.717, 1.165) is 35.7 Å². The number of benzene rings is 1. The van der Waals surface area contributed by atoms with E-state index in [9.17, 15) is 4.79 Å². The van der Waals surface area contributed by atoms with E-state index in [2.05, 4.69) is 11.9 Å². The van der Waals surface area contributed by atoms with Crippen LogP contribution in [0.5, 0.6) is 0 Å². The molecule has 1 atom stereocenters. The summed E-state index contributed by atoms with van der Waals surface area (Å²) in [5.41, 5.74) is 8.04. The normalized spacial score (nSPS) is 12.5. The molecule has 0 aliphatic heterocycles. The van der Waals surface area contributed by atoms with Crippen molar-refractivity contribution < 1.29 is 9.53 Å². The Kier molecular flexibility index (Phi) is 5.18. The van der Waals surface area contributed by atoms with Crippen LogP contribution in [0.15, 0.2) is 30.5 Å². The van der Waals surface area contributed by atoms with Crippen LogP contribution in [0.25, 0.3) is 10.9 Å². The minimum Gasteiger partial charge on any atom is -0.465 e. The Hall–Kier alpha value is -1.81. The van der Waals surface area contributed by atoms with Crippen molar-refractivity contribution in [1.82, 2.24) is 4.98 Å². The van der Waals surface area contributed by atoms with E-state index >= 15 is 0 Å². The maximum absolute atomic E-state index is 11.8. The zero-order chi connectivity index (χ0) is 14.4. The first-order valence-corrected chi connectivity index (χ1v) is 7.19. The summed E-state index contributed by atoms with van der Waals surface area (Å²) in [5, 5.41) is 1.11. The van der Waals surface area contributed by atoms with Gasteiger partial charge in [-0.05, 0) is 18.1 Å². The topological polar surface area (TPSA) is 68.1 Å². The van der Waals surface area contributed by atoms with Gasteiger partial charge in [0, 0.05) is 23.5 Å². The van der Waals surface area contributed by atoms with Crippen molar-refractivity contribution in [3.05, 3.63) is 36.0 Å². The van der Waals surface area contributed by atoms with Gasteiger partial charge in [0.2, 0.25) is 0 Å². The number of hydrogen-bond donors (Lipinski definition) is 2. The monoisotopic (exact) mass is 274 g/mol. The third-order valence-corrected chi connectivity index (χ3v) is 3.41. The molecule has 0 amide bonds. The first-order chi connectivity index (χ1) is 9.72. The van der Waals surface area contributed by atoms with Gasteiger partial charge in [0.05, 0.1) is 6.61 Å². The first-order valence-electron chi connectivity index (χ1n) is 7.19. The van der Waals surface area contributed by atoms with Crippen molar-refractivity contribution in [1.29, 1.82) is 0 Å². The molecule has 1 aromatic heterocycles. The van der Waals surface area contributed by atoms with Crippen LogP contribution in [-0.2, 0) is 16.0 Å². The Morgan fingerprint density at radius 1 is 1.35 bits per heavy atom. The van der Waals surface area contributed by atoms with E-state index in [0.29, 0.717) is 13.0 Å². The zero-order valence-corrected chi connectivity index (χ0v) is 11.9. The molecule has 1 heterocycles. The lowest BCUT2D eigenvalue weighted by Crippen LogP contribution is -2.34. The molecule has 0 spiro atoms. The highest BCUT2D eigenvalue weighted by molar-refractivity contribution is 5.84. The summed E-state index contributed by atoms with van der Waals surface area (Å²) in [4.78, 5) is 15.0. The van der Waals surface area contributed by atoms with E-state index in [1.165, 1.54) is 0 Å². The number of unbranched alkanes of at least 4 members (excludes halogenated alkanes) is 2. The van der Waals surface area contributed by atoms with Gasteiger partial charge < -0.3 is 15.5 Å². The van der Waals surface area contributed by atoms with Crippen LogP contribution >= 0.6 is 0 Å². The summed E-state index contributed by atoms with van der Waals surface area (Å²) >= 11 is 0. The van der Waals surface area contributed by atoms with Crippen LogP contribution in [-0.4, -0.2) is 23.6 Å². The highest BCUT2D eigenvalue weighted by Crippen LogP contribution is 2.18. The van der Waals surface area contributed by atoms with E-state index < -0.39 is 6.04 Å². The molecule has 0 bridgehead atoms. The van der Waals surface area contributed by atoms with Crippen molar-refractivity contribution in [3.63, 3.8) is 0 Å². The van der Waals surface area contributed by atoms with Gasteiger partial charge in [-0.25, -0.2) is 0 Å². The molecule has 4 heteroatoms. The van der Waals surface area contributed by atoms with Gasteiger partial charge in [-0.2, -0.15) is 0 Å². The molecule has 0 radical (unpaired) electrons. The molecule has 0 aliphatic rings. The third-order valence-electron chi connectivity index (χ3n) is 3.41. The summed E-state index contributed by atoms with van der Waals surface area (Å²) in [7, 11) is 0. The molecular formula is C16H22N2O2. The molecular weight excluding hydrogens is 252 g/mol. The number of rotatable bonds is 7. The number of para-hydroxylation sites is 1.